The fourth-order valence-corrected chi connectivity index (χ4v) is 3.26. The lowest BCUT2D eigenvalue weighted by Crippen LogP contribution is -2.38. The van der Waals surface area contributed by atoms with E-state index >= 15 is 0 Å². The summed E-state index contributed by atoms with van der Waals surface area (Å²) in [7, 11) is 0. The molecule has 126 valence electrons. The first-order valence-electron chi connectivity index (χ1n) is 8.59. The van der Waals surface area contributed by atoms with Gasteiger partial charge < -0.3 is 16.0 Å². The average Bonchev–Trinajstić information content (AvgIpc) is 2.56. The molecule has 1 heterocycles. The van der Waals surface area contributed by atoms with Gasteiger partial charge in [0.1, 0.15) is 0 Å². The molecule has 2 aromatic rings. The van der Waals surface area contributed by atoms with Crippen LogP contribution >= 0.6 is 0 Å². The molecule has 4 heteroatoms. The highest BCUT2D eigenvalue weighted by Crippen LogP contribution is 2.33. The summed E-state index contributed by atoms with van der Waals surface area (Å²) in [5.74, 6) is -0.105. The van der Waals surface area contributed by atoms with E-state index in [1.807, 2.05) is 49.4 Å². The van der Waals surface area contributed by atoms with E-state index in [4.69, 9.17) is 5.73 Å². The van der Waals surface area contributed by atoms with Crippen LogP contribution in [0.3, 0.4) is 0 Å². The molecule has 0 bridgehead atoms. The van der Waals surface area contributed by atoms with Crippen LogP contribution in [0.25, 0.3) is 0 Å². The van der Waals surface area contributed by atoms with Gasteiger partial charge >= 0.3 is 0 Å². The highest BCUT2D eigenvalue weighted by atomic mass is 16.1. The minimum absolute atomic E-state index is 0.105. The second kappa shape index (κ2) is 6.95. The van der Waals surface area contributed by atoms with Gasteiger partial charge in [0.2, 0.25) is 0 Å². The molecule has 1 amide bonds. The van der Waals surface area contributed by atoms with E-state index < -0.39 is 0 Å². The Bertz CT molecular complexity index is 724. The van der Waals surface area contributed by atoms with Crippen molar-refractivity contribution >= 4 is 23.0 Å². The summed E-state index contributed by atoms with van der Waals surface area (Å²) in [6, 6.07) is 13.8. The molecule has 0 spiro atoms. The number of nitrogens with one attached hydrogen (secondary N) is 1. The van der Waals surface area contributed by atoms with E-state index in [-0.39, 0.29) is 5.91 Å². The number of piperidine rings is 1. The van der Waals surface area contributed by atoms with Crippen molar-refractivity contribution in [3.63, 3.8) is 0 Å². The van der Waals surface area contributed by atoms with Crippen molar-refractivity contribution in [1.29, 1.82) is 0 Å². The van der Waals surface area contributed by atoms with Crippen molar-refractivity contribution in [2.75, 3.05) is 22.5 Å². The third-order valence-electron chi connectivity index (χ3n) is 4.69. The van der Waals surface area contributed by atoms with Crippen molar-refractivity contribution in [3.8, 4) is 0 Å². The van der Waals surface area contributed by atoms with Gasteiger partial charge in [0.25, 0.3) is 5.91 Å². The maximum Gasteiger partial charge on any atom is 0.255 e. The topological polar surface area (TPSA) is 58.4 Å². The van der Waals surface area contributed by atoms with E-state index in [0.717, 1.165) is 23.5 Å². The number of amides is 1. The summed E-state index contributed by atoms with van der Waals surface area (Å²) >= 11 is 0. The maximum atomic E-state index is 12.6. The second-order valence-electron chi connectivity index (χ2n) is 6.63. The SMILES string of the molecule is Cc1ccc(C(=O)Nc2cc(N)ccc2N2CCCC[C@@H]2C)cc1. The molecule has 1 atom stereocenters. The first-order chi connectivity index (χ1) is 11.5. The van der Waals surface area contributed by atoms with Crippen molar-refractivity contribution < 1.29 is 4.79 Å². The van der Waals surface area contributed by atoms with Crippen LogP contribution in [-0.2, 0) is 0 Å². The Morgan fingerprint density at radius 1 is 1.17 bits per heavy atom. The van der Waals surface area contributed by atoms with E-state index in [2.05, 4.69) is 17.1 Å². The number of rotatable bonds is 3. The van der Waals surface area contributed by atoms with Crippen LogP contribution in [0.4, 0.5) is 17.1 Å². The van der Waals surface area contributed by atoms with Crippen molar-refractivity contribution in [2.24, 2.45) is 0 Å². The van der Waals surface area contributed by atoms with Gasteiger partial charge in [0.05, 0.1) is 11.4 Å². The van der Waals surface area contributed by atoms with E-state index in [9.17, 15) is 4.79 Å². The lowest BCUT2D eigenvalue weighted by atomic mass is 10.0. The Kier molecular flexibility index (Phi) is 4.74. The van der Waals surface area contributed by atoms with Crippen LogP contribution < -0.4 is 16.0 Å². The zero-order valence-corrected chi connectivity index (χ0v) is 14.4. The molecule has 3 N–H and O–H groups in total. The number of hydrogen-bond acceptors (Lipinski definition) is 3. The van der Waals surface area contributed by atoms with Gasteiger partial charge in [-0.1, -0.05) is 17.7 Å². The maximum absolute atomic E-state index is 12.6. The quantitative estimate of drug-likeness (QED) is 0.832. The normalized spacial score (nSPS) is 17.6. The highest BCUT2D eigenvalue weighted by Gasteiger charge is 2.22. The van der Waals surface area contributed by atoms with Crippen LogP contribution in [0.1, 0.15) is 42.1 Å². The summed E-state index contributed by atoms with van der Waals surface area (Å²) in [6.45, 7) is 5.26. The molecule has 1 aliphatic heterocycles. The first-order valence-corrected chi connectivity index (χ1v) is 8.59. The number of aryl methyl sites for hydroxylation is 1. The van der Waals surface area contributed by atoms with Crippen LogP contribution in [0, 0.1) is 6.92 Å². The van der Waals surface area contributed by atoms with Gasteiger partial charge in [-0.25, -0.2) is 0 Å². The van der Waals surface area contributed by atoms with Crippen LogP contribution in [0.15, 0.2) is 42.5 Å². The summed E-state index contributed by atoms with van der Waals surface area (Å²) in [6.07, 6.45) is 3.62. The van der Waals surface area contributed by atoms with Gasteiger partial charge in [0, 0.05) is 23.8 Å². The van der Waals surface area contributed by atoms with Crippen LogP contribution in [-0.4, -0.2) is 18.5 Å². The molecule has 2 aromatic carbocycles. The Morgan fingerprint density at radius 3 is 2.62 bits per heavy atom. The zero-order valence-electron chi connectivity index (χ0n) is 14.4. The molecule has 24 heavy (non-hydrogen) atoms. The number of nitrogens with two attached hydrogens (primary N) is 1. The van der Waals surface area contributed by atoms with E-state index in [1.54, 1.807) is 0 Å². The first kappa shape index (κ1) is 16.4. The number of benzene rings is 2. The van der Waals surface area contributed by atoms with Gasteiger partial charge in [-0.05, 0) is 63.4 Å². The molecule has 0 aliphatic carbocycles. The number of hydrogen-bond donors (Lipinski definition) is 2. The summed E-state index contributed by atoms with van der Waals surface area (Å²) in [4.78, 5) is 15.0. The molecule has 0 unspecified atom stereocenters. The third-order valence-corrected chi connectivity index (χ3v) is 4.69. The summed E-state index contributed by atoms with van der Waals surface area (Å²) < 4.78 is 0. The zero-order chi connectivity index (χ0) is 17.1. The molecule has 3 rings (SSSR count). The van der Waals surface area contributed by atoms with Gasteiger partial charge in [0.15, 0.2) is 0 Å². The van der Waals surface area contributed by atoms with Gasteiger partial charge in [-0.3, -0.25) is 4.79 Å². The molecule has 4 nitrogen and oxygen atoms in total. The number of anilines is 3. The molecule has 0 aromatic heterocycles. The number of nitrogens with zero attached hydrogens (tertiary/aromatic N) is 1. The Hall–Kier alpha value is -2.49. The number of carbonyl (C=O) groups excluding carboxylic acids is 1. The third kappa shape index (κ3) is 3.53. The van der Waals surface area contributed by atoms with Crippen molar-refractivity contribution in [1.82, 2.24) is 0 Å². The van der Waals surface area contributed by atoms with Crippen molar-refractivity contribution in [2.45, 2.75) is 39.2 Å². The number of nitrogen functional groups attached to an aromatic ring is 1. The minimum atomic E-state index is -0.105. The highest BCUT2D eigenvalue weighted by molar-refractivity contribution is 6.06. The average molecular weight is 323 g/mol. The van der Waals surface area contributed by atoms with Crippen LogP contribution in [0.5, 0.6) is 0 Å². The number of carbonyl (C=O) groups is 1. The van der Waals surface area contributed by atoms with E-state index in [0.29, 0.717) is 17.3 Å². The van der Waals surface area contributed by atoms with Gasteiger partial charge in [-0.2, -0.15) is 0 Å². The molecular weight excluding hydrogens is 298 g/mol. The van der Waals surface area contributed by atoms with Crippen molar-refractivity contribution in [3.05, 3.63) is 53.6 Å². The second-order valence-corrected chi connectivity index (χ2v) is 6.63. The lowest BCUT2D eigenvalue weighted by molar-refractivity contribution is 0.102. The predicted octanol–water partition coefficient (Wildman–Crippen LogP) is 4.21. The smallest absolute Gasteiger partial charge is 0.255 e. The summed E-state index contributed by atoms with van der Waals surface area (Å²) in [5, 5.41) is 3.04. The van der Waals surface area contributed by atoms with Gasteiger partial charge in [-0.15, -0.1) is 0 Å². The fourth-order valence-electron chi connectivity index (χ4n) is 3.26. The fraction of sp³-hybridized carbons (Fsp3) is 0.350. The lowest BCUT2D eigenvalue weighted by Gasteiger charge is -2.36. The predicted molar refractivity (Wildman–Crippen MR) is 101 cm³/mol. The van der Waals surface area contributed by atoms with E-state index in [1.165, 1.54) is 19.3 Å². The molecule has 0 saturated carbocycles. The Morgan fingerprint density at radius 2 is 1.92 bits per heavy atom. The largest absolute Gasteiger partial charge is 0.399 e. The molecule has 0 radical (unpaired) electrons. The minimum Gasteiger partial charge on any atom is -0.399 e. The molecule has 1 saturated heterocycles. The Labute approximate surface area is 143 Å². The standard InChI is InChI=1S/C20H25N3O/c1-14-6-8-16(9-7-14)20(24)22-18-13-17(21)10-11-19(18)23-12-4-3-5-15(23)2/h6-11,13,15H,3-5,12,21H2,1-2H3,(H,22,24)/t15-/m0/s1. The molecule has 1 fully saturated rings. The summed E-state index contributed by atoms with van der Waals surface area (Å²) in [5.41, 5.74) is 10.2. The monoisotopic (exact) mass is 323 g/mol. The molecular formula is C20H25N3O. The Balaban J connectivity index is 1.87. The molecule has 1 aliphatic rings. The van der Waals surface area contributed by atoms with Crippen LogP contribution in [0.2, 0.25) is 0 Å².